The van der Waals surface area contributed by atoms with Crippen LogP contribution in [-0.2, 0) is 17.9 Å². The Balaban J connectivity index is 1.71. The summed E-state index contributed by atoms with van der Waals surface area (Å²) < 4.78 is 14.0. The molecule has 1 unspecified atom stereocenters. The van der Waals surface area contributed by atoms with E-state index >= 15 is 0 Å². The van der Waals surface area contributed by atoms with Crippen molar-refractivity contribution in [3.8, 4) is 22.8 Å². The van der Waals surface area contributed by atoms with Crippen LogP contribution in [0, 0.1) is 11.8 Å². The van der Waals surface area contributed by atoms with E-state index in [4.69, 9.17) is 14.6 Å². The van der Waals surface area contributed by atoms with Gasteiger partial charge in [0, 0.05) is 12.6 Å². The number of benzene rings is 2. The number of aliphatic carboxylic acids is 1. The average Bonchev–Trinajstić information content (AvgIpc) is 3.35. The largest absolute Gasteiger partial charge is 0.496 e. The highest BCUT2D eigenvalue weighted by atomic mass is 16.5. The number of rotatable bonds is 12. The van der Waals surface area contributed by atoms with Crippen molar-refractivity contribution in [2.75, 3.05) is 7.11 Å². The van der Waals surface area contributed by atoms with E-state index in [2.05, 4.69) is 5.32 Å². The number of nitrogens with zero attached hydrogens (tertiary/aromatic N) is 2. The monoisotopic (exact) mass is 533 g/mol. The average molecular weight is 534 g/mol. The third-order valence-electron chi connectivity index (χ3n) is 7.39. The molecule has 1 amide bonds. The molecule has 1 saturated carbocycles. The quantitative estimate of drug-likeness (QED) is 0.298. The molecule has 39 heavy (non-hydrogen) atoms. The Bertz CT molecular complexity index is 1250. The van der Waals surface area contributed by atoms with E-state index < -0.39 is 12.0 Å². The van der Waals surface area contributed by atoms with Gasteiger partial charge in [0.2, 0.25) is 0 Å². The van der Waals surface area contributed by atoms with Gasteiger partial charge in [-0.3, -0.25) is 14.3 Å². The van der Waals surface area contributed by atoms with Crippen molar-refractivity contribution in [1.82, 2.24) is 15.1 Å². The number of carbonyl (C=O) groups is 2. The van der Waals surface area contributed by atoms with Gasteiger partial charge in [-0.2, -0.15) is 5.10 Å². The summed E-state index contributed by atoms with van der Waals surface area (Å²) >= 11 is 0. The van der Waals surface area contributed by atoms with E-state index in [1.165, 1.54) is 19.3 Å². The van der Waals surface area contributed by atoms with Crippen LogP contribution >= 0.6 is 0 Å². The maximum Gasteiger partial charge on any atom is 0.305 e. The summed E-state index contributed by atoms with van der Waals surface area (Å²) in [6.45, 7) is 4.86. The topological polar surface area (TPSA) is 103 Å². The van der Waals surface area contributed by atoms with Crippen molar-refractivity contribution in [2.24, 2.45) is 11.8 Å². The molecule has 1 heterocycles. The molecule has 208 valence electrons. The van der Waals surface area contributed by atoms with Gasteiger partial charge in [0.25, 0.3) is 5.91 Å². The molecule has 0 spiro atoms. The zero-order chi connectivity index (χ0) is 27.8. The lowest BCUT2D eigenvalue weighted by Gasteiger charge is -2.23. The Labute approximate surface area is 230 Å². The van der Waals surface area contributed by atoms with Gasteiger partial charge < -0.3 is 19.9 Å². The van der Waals surface area contributed by atoms with Gasteiger partial charge in [0.1, 0.15) is 18.1 Å². The van der Waals surface area contributed by atoms with Crippen LogP contribution < -0.4 is 14.8 Å². The van der Waals surface area contributed by atoms with Crippen molar-refractivity contribution < 1.29 is 24.2 Å². The molecule has 8 nitrogen and oxygen atoms in total. The maximum atomic E-state index is 13.3. The van der Waals surface area contributed by atoms with Crippen LogP contribution in [0.25, 0.3) is 11.3 Å². The molecular formula is C31H39N3O5. The predicted octanol–water partition coefficient (Wildman–Crippen LogP) is 5.95. The number of carbonyl (C=O) groups excluding carboxylic acids is 1. The van der Waals surface area contributed by atoms with Gasteiger partial charge in [-0.25, -0.2) is 0 Å². The Kier molecular flexibility index (Phi) is 9.63. The highest BCUT2D eigenvalue weighted by Crippen LogP contribution is 2.40. The molecule has 1 fully saturated rings. The summed E-state index contributed by atoms with van der Waals surface area (Å²) in [7, 11) is 1.62. The molecule has 3 aromatic rings. The molecule has 0 aliphatic heterocycles. The van der Waals surface area contributed by atoms with Crippen molar-refractivity contribution in [3.63, 3.8) is 0 Å². The standard InChI is InChI=1S/C31H39N3O5/c1-21(2)24(18-29(35)36)32-31(37)25-17-26(34(33-25)19-22-11-6-4-7-12-22)30-27(38-3)15-10-16-28(30)39-20-23-13-8-5-9-14-23/h5,8-10,13-17,21-22,24H,4,6-7,11-12,18-20H2,1-3H3,(H,32,37)(H,35,36). The van der Waals surface area contributed by atoms with Gasteiger partial charge in [-0.15, -0.1) is 0 Å². The summed E-state index contributed by atoms with van der Waals surface area (Å²) in [4.78, 5) is 24.7. The lowest BCUT2D eigenvalue weighted by atomic mass is 9.89. The first-order valence-corrected chi connectivity index (χ1v) is 13.8. The lowest BCUT2D eigenvalue weighted by molar-refractivity contribution is -0.137. The molecule has 0 radical (unpaired) electrons. The SMILES string of the molecule is COc1cccc(OCc2ccccc2)c1-c1cc(C(=O)NC(CC(=O)O)C(C)C)nn1CC1CCCCC1. The molecule has 1 atom stereocenters. The van der Waals surface area contributed by atoms with Gasteiger partial charge in [-0.1, -0.05) is 69.5 Å². The number of carboxylic acid groups (broad SMARTS) is 1. The summed E-state index contributed by atoms with van der Waals surface area (Å²) in [6, 6.07) is 16.9. The Morgan fingerprint density at radius 3 is 2.44 bits per heavy atom. The molecule has 2 N–H and O–H groups in total. The normalized spacial score (nSPS) is 14.7. The second kappa shape index (κ2) is 13.3. The number of nitrogens with one attached hydrogen (secondary N) is 1. The second-order valence-corrected chi connectivity index (χ2v) is 10.6. The van der Waals surface area contributed by atoms with Crippen LogP contribution in [-0.4, -0.2) is 39.9 Å². The number of ether oxygens (including phenoxy) is 2. The van der Waals surface area contributed by atoms with Crippen LogP contribution in [0.15, 0.2) is 54.6 Å². The zero-order valence-corrected chi connectivity index (χ0v) is 23.1. The molecule has 1 aliphatic carbocycles. The van der Waals surface area contributed by atoms with Crippen LogP contribution in [0.4, 0.5) is 0 Å². The van der Waals surface area contributed by atoms with Crippen LogP contribution in [0.3, 0.4) is 0 Å². The minimum Gasteiger partial charge on any atom is -0.496 e. The first kappa shape index (κ1) is 28.2. The molecule has 0 bridgehead atoms. The highest BCUT2D eigenvalue weighted by molar-refractivity contribution is 5.94. The molecule has 2 aromatic carbocycles. The van der Waals surface area contributed by atoms with Crippen molar-refractivity contribution >= 4 is 11.9 Å². The maximum absolute atomic E-state index is 13.3. The van der Waals surface area contributed by atoms with E-state index in [0.717, 1.165) is 29.7 Å². The third-order valence-corrected chi connectivity index (χ3v) is 7.39. The predicted molar refractivity (Wildman–Crippen MR) is 150 cm³/mol. The molecule has 0 saturated heterocycles. The van der Waals surface area contributed by atoms with Crippen molar-refractivity contribution in [3.05, 3.63) is 65.9 Å². The highest BCUT2D eigenvalue weighted by Gasteiger charge is 2.26. The Morgan fingerprint density at radius 2 is 1.77 bits per heavy atom. The fraction of sp³-hybridized carbons (Fsp3) is 0.452. The summed E-state index contributed by atoms with van der Waals surface area (Å²) in [5.74, 6) is 0.351. The van der Waals surface area contributed by atoms with Gasteiger partial charge in [-0.05, 0) is 48.4 Å². The number of amides is 1. The number of methoxy groups -OCH3 is 1. The minimum absolute atomic E-state index is 0.0407. The molecule has 8 heteroatoms. The molecule has 1 aliphatic rings. The van der Waals surface area contributed by atoms with Gasteiger partial charge in [0.05, 0.1) is 24.8 Å². The van der Waals surface area contributed by atoms with Crippen LogP contribution in [0.2, 0.25) is 0 Å². The van der Waals surface area contributed by atoms with E-state index in [1.807, 2.05) is 67.1 Å². The fourth-order valence-corrected chi connectivity index (χ4v) is 5.16. The smallest absolute Gasteiger partial charge is 0.305 e. The molecule has 4 rings (SSSR count). The molecule has 1 aromatic heterocycles. The van der Waals surface area contributed by atoms with Gasteiger partial charge >= 0.3 is 5.97 Å². The zero-order valence-electron chi connectivity index (χ0n) is 23.1. The van der Waals surface area contributed by atoms with Crippen LogP contribution in [0.5, 0.6) is 11.5 Å². The van der Waals surface area contributed by atoms with Crippen molar-refractivity contribution in [1.29, 1.82) is 0 Å². The fourth-order valence-electron chi connectivity index (χ4n) is 5.16. The summed E-state index contributed by atoms with van der Waals surface area (Å²) in [5, 5.41) is 17.0. The van der Waals surface area contributed by atoms with E-state index in [0.29, 0.717) is 30.6 Å². The third kappa shape index (κ3) is 7.40. The van der Waals surface area contributed by atoms with E-state index in [9.17, 15) is 14.7 Å². The summed E-state index contributed by atoms with van der Waals surface area (Å²) in [5.41, 5.74) is 2.77. The first-order chi connectivity index (χ1) is 18.9. The number of carboxylic acids is 1. The first-order valence-electron chi connectivity index (χ1n) is 13.8. The Hall–Kier alpha value is -3.81. The Morgan fingerprint density at radius 1 is 1.05 bits per heavy atom. The lowest BCUT2D eigenvalue weighted by Crippen LogP contribution is -2.40. The second-order valence-electron chi connectivity index (χ2n) is 10.6. The van der Waals surface area contributed by atoms with E-state index in [-0.39, 0.29) is 23.9 Å². The number of aromatic nitrogens is 2. The van der Waals surface area contributed by atoms with Gasteiger partial charge in [0.15, 0.2) is 5.69 Å². The summed E-state index contributed by atoms with van der Waals surface area (Å²) in [6.07, 6.45) is 5.74. The van der Waals surface area contributed by atoms with Crippen LogP contribution in [0.1, 0.15) is 68.4 Å². The number of hydrogen-bond acceptors (Lipinski definition) is 5. The van der Waals surface area contributed by atoms with Crippen molar-refractivity contribution in [2.45, 2.75) is 71.6 Å². The number of hydrogen-bond donors (Lipinski definition) is 2. The van der Waals surface area contributed by atoms with E-state index in [1.54, 1.807) is 13.2 Å². The molecular weight excluding hydrogens is 494 g/mol. The minimum atomic E-state index is -0.952.